The van der Waals surface area contributed by atoms with Gasteiger partial charge in [0.25, 0.3) is 0 Å². The summed E-state index contributed by atoms with van der Waals surface area (Å²) in [7, 11) is 0. The lowest BCUT2D eigenvalue weighted by Crippen LogP contribution is -2.57. The van der Waals surface area contributed by atoms with Gasteiger partial charge in [0.2, 0.25) is 11.8 Å². The van der Waals surface area contributed by atoms with Crippen molar-refractivity contribution in [2.45, 2.75) is 44.6 Å². The number of morpholine rings is 1. The van der Waals surface area contributed by atoms with Crippen LogP contribution in [0.15, 0.2) is 0 Å². The number of carbonyl (C=O) groups is 2. The third-order valence-electron chi connectivity index (χ3n) is 5.40. The van der Waals surface area contributed by atoms with E-state index in [0.29, 0.717) is 45.8 Å². The molecule has 1 unspecified atom stereocenters. The highest BCUT2D eigenvalue weighted by Gasteiger charge is 2.30. The standard InChI is InChI=1S/C17H29N3O3/c21-16(6-5-14-3-1-2-4-14)19-8-10-20(11-9-19)17(22)15-13-23-12-7-18-15/h14-15,18H,1-13H2. The van der Waals surface area contributed by atoms with Gasteiger partial charge >= 0.3 is 0 Å². The molecule has 1 saturated carbocycles. The molecule has 0 aromatic heterocycles. The minimum absolute atomic E-state index is 0.114. The molecule has 6 nitrogen and oxygen atoms in total. The van der Waals surface area contributed by atoms with Crippen molar-refractivity contribution in [1.29, 1.82) is 0 Å². The highest BCUT2D eigenvalue weighted by Crippen LogP contribution is 2.28. The molecule has 3 rings (SSSR count). The van der Waals surface area contributed by atoms with Gasteiger partial charge in [-0.2, -0.15) is 0 Å². The fourth-order valence-corrected chi connectivity index (χ4v) is 3.91. The fraction of sp³-hybridized carbons (Fsp3) is 0.882. The average Bonchev–Trinajstić information content (AvgIpc) is 3.13. The van der Waals surface area contributed by atoms with Crippen LogP contribution in [0.4, 0.5) is 0 Å². The van der Waals surface area contributed by atoms with Crippen LogP contribution in [0.1, 0.15) is 38.5 Å². The van der Waals surface area contributed by atoms with Crippen LogP contribution in [-0.4, -0.2) is 73.6 Å². The van der Waals surface area contributed by atoms with E-state index in [9.17, 15) is 9.59 Å². The van der Waals surface area contributed by atoms with Crippen LogP contribution in [-0.2, 0) is 14.3 Å². The Kier molecular flexibility index (Phi) is 5.89. The largest absolute Gasteiger partial charge is 0.378 e. The van der Waals surface area contributed by atoms with Crippen molar-refractivity contribution < 1.29 is 14.3 Å². The zero-order valence-corrected chi connectivity index (χ0v) is 14.0. The molecule has 1 N–H and O–H groups in total. The van der Waals surface area contributed by atoms with E-state index in [1.54, 1.807) is 0 Å². The molecule has 2 amide bonds. The van der Waals surface area contributed by atoms with Crippen LogP contribution in [0.25, 0.3) is 0 Å². The van der Waals surface area contributed by atoms with E-state index in [0.717, 1.165) is 18.9 Å². The topological polar surface area (TPSA) is 61.9 Å². The SMILES string of the molecule is O=C(CCC1CCCC1)N1CCN(C(=O)C2COCCN2)CC1. The lowest BCUT2D eigenvalue weighted by atomic mass is 10.0. The van der Waals surface area contributed by atoms with Crippen LogP contribution in [0.3, 0.4) is 0 Å². The second-order valence-corrected chi connectivity index (χ2v) is 6.98. The monoisotopic (exact) mass is 323 g/mol. The lowest BCUT2D eigenvalue weighted by molar-refractivity contribution is -0.142. The van der Waals surface area contributed by atoms with Crippen LogP contribution in [0, 0.1) is 5.92 Å². The molecule has 23 heavy (non-hydrogen) atoms. The van der Waals surface area contributed by atoms with Crippen molar-refractivity contribution in [3.05, 3.63) is 0 Å². The zero-order valence-electron chi connectivity index (χ0n) is 14.0. The predicted molar refractivity (Wildman–Crippen MR) is 87.0 cm³/mol. The van der Waals surface area contributed by atoms with Gasteiger partial charge in [-0.1, -0.05) is 25.7 Å². The molecule has 0 aromatic carbocycles. The van der Waals surface area contributed by atoms with Gasteiger partial charge in [-0.3, -0.25) is 9.59 Å². The third kappa shape index (κ3) is 4.44. The summed E-state index contributed by atoms with van der Waals surface area (Å²) < 4.78 is 5.36. The first kappa shape index (κ1) is 16.7. The van der Waals surface area contributed by atoms with Gasteiger partial charge in [0.15, 0.2) is 0 Å². The van der Waals surface area contributed by atoms with Crippen molar-refractivity contribution >= 4 is 11.8 Å². The Morgan fingerprint density at radius 2 is 1.74 bits per heavy atom. The summed E-state index contributed by atoms with van der Waals surface area (Å²) in [5.74, 6) is 1.14. The van der Waals surface area contributed by atoms with Crippen molar-refractivity contribution in [3.8, 4) is 0 Å². The summed E-state index contributed by atoms with van der Waals surface area (Å²) in [6, 6.07) is -0.214. The maximum Gasteiger partial charge on any atom is 0.242 e. The fourth-order valence-electron chi connectivity index (χ4n) is 3.91. The van der Waals surface area contributed by atoms with Crippen LogP contribution in [0.5, 0.6) is 0 Å². The molecule has 2 aliphatic heterocycles. The zero-order chi connectivity index (χ0) is 16.1. The number of ether oxygens (including phenoxy) is 1. The van der Waals surface area contributed by atoms with Crippen LogP contribution >= 0.6 is 0 Å². The van der Waals surface area contributed by atoms with Crippen molar-refractivity contribution in [3.63, 3.8) is 0 Å². The molecule has 0 spiro atoms. The maximum absolute atomic E-state index is 12.4. The van der Waals surface area contributed by atoms with Crippen LogP contribution < -0.4 is 5.32 Å². The first-order chi connectivity index (χ1) is 11.2. The normalized spacial score (nSPS) is 26.5. The first-order valence-electron chi connectivity index (χ1n) is 9.12. The van der Waals surface area contributed by atoms with E-state index in [-0.39, 0.29) is 17.9 Å². The Morgan fingerprint density at radius 3 is 2.39 bits per heavy atom. The summed E-state index contributed by atoms with van der Waals surface area (Å²) in [6.45, 7) is 4.49. The summed E-state index contributed by atoms with van der Waals surface area (Å²) in [5, 5.41) is 3.20. The number of hydrogen-bond donors (Lipinski definition) is 1. The van der Waals surface area contributed by atoms with Gasteiger partial charge in [-0.25, -0.2) is 0 Å². The summed E-state index contributed by atoms with van der Waals surface area (Å²) in [4.78, 5) is 28.5. The highest BCUT2D eigenvalue weighted by molar-refractivity contribution is 5.83. The number of hydrogen-bond acceptors (Lipinski definition) is 4. The van der Waals surface area contributed by atoms with Crippen molar-refractivity contribution in [2.75, 3.05) is 45.9 Å². The third-order valence-corrected chi connectivity index (χ3v) is 5.40. The number of piperazine rings is 1. The number of nitrogens with zero attached hydrogens (tertiary/aromatic N) is 2. The Labute approximate surface area is 138 Å². The summed E-state index contributed by atoms with van der Waals surface area (Å²) >= 11 is 0. The summed E-state index contributed by atoms with van der Waals surface area (Å²) in [5.41, 5.74) is 0. The molecule has 3 fully saturated rings. The molecule has 0 radical (unpaired) electrons. The van der Waals surface area contributed by atoms with E-state index in [4.69, 9.17) is 4.74 Å². The Bertz CT molecular complexity index is 409. The quantitative estimate of drug-likeness (QED) is 0.824. The van der Waals surface area contributed by atoms with Gasteiger partial charge < -0.3 is 19.9 Å². The molecule has 1 atom stereocenters. The Balaban J connectivity index is 1.38. The predicted octanol–water partition coefficient (Wildman–Crippen LogP) is 0.616. The van der Waals surface area contributed by atoms with Gasteiger partial charge in [0, 0.05) is 39.1 Å². The van der Waals surface area contributed by atoms with Gasteiger partial charge in [-0.05, 0) is 12.3 Å². The van der Waals surface area contributed by atoms with Crippen LogP contribution in [0.2, 0.25) is 0 Å². The van der Waals surface area contributed by atoms with E-state index in [1.165, 1.54) is 25.7 Å². The molecular weight excluding hydrogens is 294 g/mol. The molecule has 0 bridgehead atoms. The highest BCUT2D eigenvalue weighted by atomic mass is 16.5. The molecule has 0 aromatic rings. The second-order valence-electron chi connectivity index (χ2n) is 6.98. The number of amides is 2. The minimum atomic E-state index is -0.214. The molecule has 3 aliphatic rings. The minimum Gasteiger partial charge on any atom is -0.378 e. The van der Waals surface area contributed by atoms with Gasteiger partial charge in [-0.15, -0.1) is 0 Å². The number of nitrogens with one attached hydrogen (secondary N) is 1. The first-order valence-corrected chi connectivity index (χ1v) is 9.12. The van der Waals surface area contributed by atoms with E-state index in [2.05, 4.69) is 5.32 Å². The second kappa shape index (κ2) is 8.11. The molecule has 6 heteroatoms. The molecule has 2 saturated heterocycles. The van der Waals surface area contributed by atoms with E-state index < -0.39 is 0 Å². The molecular formula is C17H29N3O3. The Hall–Kier alpha value is -1.14. The molecule has 2 heterocycles. The van der Waals surface area contributed by atoms with Crippen molar-refractivity contribution in [2.24, 2.45) is 5.92 Å². The average molecular weight is 323 g/mol. The van der Waals surface area contributed by atoms with E-state index >= 15 is 0 Å². The maximum atomic E-state index is 12.4. The van der Waals surface area contributed by atoms with Crippen molar-refractivity contribution in [1.82, 2.24) is 15.1 Å². The summed E-state index contributed by atoms with van der Waals surface area (Å²) in [6.07, 6.45) is 6.98. The van der Waals surface area contributed by atoms with E-state index in [1.807, 2.05) is 9.80 Å². The lowest BCUT2D eigenvalue weighted by Gasteiger charge is -2.37. The van der Waals surface area contributed by atoms with Gasteiger partial charge in [0.05, 0.1) is 13.2 Å². The number of carbonyl (C=O) groups excluding carboxylic acids is 2. The Morgan fingerprint density at radius 1 is 1.04 bits per heavy atom. The smallest absolute Gasteiger partial charge is 0.242 e. The van der Waals surface area contributed by atoms with Gasteiger partial charge in [0.1, 0.15) is 6.04 Å². The molecule has 130 valence electrons. The number of rotatable bonds is 4. The molecule has 1 aliphatic carbocycles.